The number of benzene rings is 5. The Morgan fingerprint density at radius 2 is 1.31 bits per heavy atom. The maximum absolute atomic E-state index is 13.9. The van der Waals surface area contributed by atoms with E-state index < -0.39 is 12.0 Å². The fraction of sp³-hybridized carbons (Fsp3) is 0. The molecule has 0 heterocycles. The minimum absolute atomic E-state index is 0.280. The number of hydrogen-bond donors (Lipinski definition) is 0. The van der Waals surface area contributed by atoms with Crippen molar-refractivity contribution >= 4 is 38.5 Å². The van der Waals surface area contributed by atoms with E-state index in [1.54, 1.807) is 12.1 Å². The molecule has 140 valence electrons. The Morgan fingerprint density at radius 1 is 0.621 bits per heavy atom. The first-order valence-electron chi connectivity index (χ1n) is 9.17. The van der Waals surface area contributed by atoms with E-state index in [2.05, 4.69) is 0 Å². The van der Waals surface area contributed by atoms with E-state index in [-0.39, 0.29) is 5.75 Å². The average molecular weight is 382 g/mol. The highest BCUT2D eigenvalue weighted by Crippen LogP contribution is 2.36. The van der Waals surface area contributed by atoms with Gasteiger partial charge in [-0.2, -0.15) is 0 Å². The molecule has 0 unspecified atom stereocenters. The van der Waals surface area contributed by atoms with Crippen LogP contribution in [-0.2, 0) is 0 Å². The summed E-state index contributed by atoms with van der Waals surface area (Å²) in [6, 6.07) is 26.9. The lowest BCUT2D eigenvalue weighted by atomic mass is 10.0. The number of rotatable bonds is 2. The molecule has 0 fully saturated rings. The molecule has 0 bridgehead atoms. The Labute approximate surface area is 165 Å². The van der Waals surface area contributed by atoms with Gasteiger partial charge in [-0.25, -0.2) is 9.18 Å². The van der Waals surface area contributed by atoms with Crippen LogP contribution in [0.1, 0.15) is 0 Å². The Bertz CT molecular complexity index is 1390. The predicted octanol–water partition coefficient (Wildman–Crippen LogP) is 6.86. The second-order valence-electron chi connectivity index (χ2n) is 6.72. The Morgan fingerprint density at radius 3 is 2.17 bits per heavy atom. The van der Waals surface area contributed by atoms with Crippen LogP contribution in [0.3, 0.4) is 0 Å². The van der Waals surface area contributed by atoms with E-state index in [1.165, 1.54) is 12.1 Å². The Kier molecular flexibility index (Phi) is 4.10. The number of hydrogen-bond acceptors (Lipinski definition) is 3. The number of fused-ring (bicyclic) bond motifs is 3. The fourth-order valence-corrected chi connectivity index (χ4v) is 3.58. The van der Waals surface area contributed by atoms with Crippen molar-refractivity contribution in [3.05, 3.63) is 96.8 Å². The Hall–Kier alpha value is -3.92. The van der Waals surface area contributed by atoms with Crippen LogP contribution in [0.5, 0.6) is 11.5 Å². The van der Waals surface area contributed by atoms with Gasteiger partial charge in [-0.1, -0.05) is 66.7 Å². The van der Waals surface area contributed by atoms with Crippen LogP contribution < -0.4 is 9.47 Å². The highest BCUT2D eigenvalue weighted by Gasteiger charge is 2.16. The molecule has 0 spiro atoms. The third kappa shape index (κ3) is 3.15. The molecule has 0 aromatic heterocycles. The summed E-state index contributed by atoms with van der Waals surface area (Å²) in [6.07, 6.45) is -0.872. The van der Waals surface area contributed by atoms with Crippen LogP contribution in [0, 0.1) is 5.82 Å². The molecule has 0 aliphatic carbocycles. The molecule has 0 N–H and O–H groups in total. The van der Waals surface area contributed by atoms with E-state index >= 15 is 0 Å². The lowest BCUT2D eigenvalue weighted by molar-refractivity contribution is 0.153. The molecular weight excluding hydrogens is 367 g/mol. The van der Waals surface area contributed by atoms with Crippen LogP contribution >= 0.6 is 0 Å². The predicted molar refractivity (Wildman–Crippen MR) is 112 cm³/mol. The minimum atomic E-state index is -0.872. The van der Waals surface area contributed by atoms with Crippen molar-refractivity contribution in [2.24, 2.45) is 0 Å². The van der Waals surface area contributed by atoms with Gasteiger partial charge in [-0.15, -0.1) is 0 Å². The highest BCUT2D eigenvalue weighted by atomic mass is 19.1. The first-order chi connectivity index (χ1) is 14.2. The van der Waals surface area contributed by atoms with Crippen molar-refractivity contribution < 1.29 is 18.7 Å². The molecular formula is C25H15FO3. The molecule has 5 rings (SSSR count). The molecule has 29 heavy (non-hydrogen) atoms. The molecule has 0 atom stereocenters. The van der Waals surface area contributed by atoms with Gasteiger partial charge in [0.1, 0.15) is 17.3 Å². The van der Waals surface area contributed by atoms with Gasteiger partial charge in [0, 0.05) is 16.2 Å². The van der Waals surface area contributed by atoms with Gasteiger partial charge in [-0.3, -0.25) is 0 Å². The minimum Gasteiger partial charge on any atom is -0.394 e. The van der Waals surface area contributed by atoms with Crippen molar-refractivity contribution in [2.45, 2.75) is 0 Å². The van der Waals surface area contributed by atoms with E-state index in [4.69, 9.17) is 9.47 Å². The van der Waals surface area contributed by atoms with Crippen LogP contribution in [0.2, 0.25) is 0 Å². The number of ether oxygens (including phenoxy) is 2. The summed E-state index contributed by atoms with van der Waals surface area (Å²) in [4.78, 5) is 12.7. The van der Waals surface area contributed by atoms with Gasteiger partial charge in [0.25, 0.3) is 0 Å². The summed E-state index contributed by atoms with van der Waals surface area (Å²) in [5.41, 5.74) is 0. The normalized spacial score (nSPS) is 11.1. The van der Waals surface area contributed by atoms with E-state index in [9.17, 15) is 9.18 Å². The summed E-state index contributed by atoms with van der Waals surface area (Å²) in [5, 5.41) is 4.65. The summed E-state index contributed by atoms with van der Waals surface area (Å²) >= 11 is 0. The summed E-state index contributed by atoms with van der Waals surface area (Å²) in [6.45, 7) is 0. The average Bonchev–Trinajstić information content (AvgIpc) is 2.74. The van der Waals surface area contributed by atoms with Crippen LogP contribution in [0.25, 0.3) is 32.3 Å². The van der Waals surface area contributed by atoms with Crippen molar-refractivity contribution in [3.8, 4) is 11.5 Å². The third-order valence-corrected chi connectivity index (χ3v) is 4.90. The van der Waals surface area contributed by atoms with Gasteiger partial charge in [-0.05, 0) is 40.4 Å². The quantitative estimate of drug-likeness (QED) is 0.190. The summed E-state index contributed by atoms with van der Waals surface area (Å²) in [7, 11) is 0. The molecule has 0 radical (unpaired) electrons. The monoisotopic (exact) mass is 382 g/mol. The lowest BCUT2D eigenvalue weighted by Crippen LogP contribution is -2.14. The smallest absolute Gasteiger partial charge is 0.394 e. The molecule has 0 amide bonds. The van der Waals surface area contributed by atoms with Crippen molar-refractivity contribution in [3.63, 3.8) is 0 Å². The van der Waals surface area contributed by atoms with E-state index in [1.807, 2.05) is 66.7 Å². The molecule has 0 aliphatic rings. The van der Waals surface area contributed by atoms with Crippen LogP contribution in [0.4, 0.5) is 9.18 Å². The van der Waals surface area contributed by atoms with Crippen molar-refractivity contribution in [1.29, 1.82) is 0 Å². The van der Waals surface area contributed by atoms with Gasteiger partial charge in [0.05, 0.1) is 0 Å². The van der Waals surface area contributed by atoms with Gasteiger partial charge >= 0.3 is 6.16 Å². The Balaban J connectivity index is 1.58. The van der Waals surface area contributed by atoms with Crippen LogP contribution in [-0.4, -0.2) is 6.16 Å². The SMILES string of the molecule is O=C(Oc1cccc2ccccc12)Oc1c2ccccc2cc2ccc(F)cc12. The fourth-order valence-electron chi connectivity index (χ4n) is 3.58. The summed E-state index contributed by atoms with van der Waals surface area (Å²) in [5.74, 6) is 0.284. The zero-order valence-corrected chi connectivity index (χ0v) is 15.3. The second-order valence-corrected chi connectivity index (χ2v) is 6.72. The van der Waals surface area contributed by atoms with Gasteiger partial charge < -0.3 is 9.47 Å². The topological polar surface area (TPSA) is 35.5 Å². The van der Waals surface area contributed by atoms with E-state index in [0.717, 1.165) is 21.5 Å². The molecule has 0 saturated carbocycles. The second kappa shape index (κ2) is 6.91. The standard InChI is InChI=1S/C25H15FO3/c26-19-13-12-18-14-17-7-2-4-10-21(17)24(22(18)15-19)29-25(27)28-23-11-5-8-16-6-1-3-9-20(16)23/h1-15H. The maximum Gasteiger partial charge on any atom is 0.519 e. The molecule has 5 aromatic rings. The maximum atomic E-state index is 13.9. The number of carbonyl (C=O) groups excluding carboxylic acids is 1. The van der Waals surface area contributed by atoms with E-state index in [0.29, 0.717) is 16.5 Å². The zero-order chi connectivity index (χ0) is 19.8. The highest BCUT2D eigenvalue weighted by molar-refractivity contribution is 6.06. The molecule has 3 nitrogen and oxygen atoms in total. The molecule has 0 saturated heterocycles. The molecule has 0 aliphatic heterocycles. The largest absolute Gasteiger partial charge is 0.519 e. The first-order valence-corrected chi connectivity index (χ1v) is 9.17. The summed E-state index contributed by atoms with van der Waals surface area (Å²) < 4.78 is 25.0. The van der Waals surface area contributed by atoms with Crippen LogP contribution in [0.15, 0.2) is 91.0 Å². The van der Waals surface area contributed by atoms with Crippen molar-refractivity contribution in [1.82, 2.24) is 0 Å². The molecule has 5 aromatic carbocycles. The molecule has 4 heteroatoms. The number of halogens is 1. The van der Waals surface area contributed by atoms with Gasteiger partial charge in [0.2, 0.25) is 0 Å². The van der Waals surface area contributed by atoms with Crippen molar-refractivity contribution in [2.75, 3.05) is 0 Å². The lowest BCUT2D eigenvalue weighted by Gasteiger charge is -2.13. The zero-order valence-electron chi connectivity index (χ0n) is 15.3. The first kappa shape index (κ1) is 17.2. The number of carbonyl (C=O) groups is 1. The third-order valence-electron chi connectivity index (χ3n) is 4.90. The van der Waals surface area contributed by atoms with Gasteiger partial charge in [0.15, 0.2) is 0 Å².